The van der Waals surface area contributed by atoms with Gasteiger partial charge in [0.15, 0.2) is 11.5 Å². The quantitative estimate of drug-likeness (QED) is 0.560. The molecule has 0 aliphatic rings. The Labute approximate surface area is 124 Å². The van der Waals surface area contributed by atoms with Crippen LogP contribution >= 0.6 is 24.0 Å². The Kier molecular flexibility index (Phi) is 7.67. The van der Waals surface area contributed by atoms with Crippen LogP contribution in [0.25, 0.3) is 0 Å². The second kappa shape index (κ2) is 9.04. The minimum absolute atomic E-state index is 0.367. The van der Waals surface area contributed by atoms with Crippen LogP contribution in [0.2, 0.25) is 0 Å². The molecule has 19 heavy (non-hydrogen) atoms. The van der Waals surface area contributed by atoms with Gasteiger partial charge in [-0.05, 0) is 43.0 Å². The molecule has 1 rings (SSSR count). The van der Waals surface area contributed by atoms with Crippen LogP contribution in [0.15, 0.2) is 18.2 Å². The van der Waals surface area contributed by atoms with Gasteiger partial charge in [-0.1, -0.05) is 19.1 Å². The number of nitrogens with two attached hydrogens (primary N) is 1. The monoisotopic (exact) mass is 299 g/mol. The van der Waals surface area contributed by atoms with E-state index in [9.17, 15) is 0 Å². The molecule has 0 amide bonds. The summed E-state index contributed by atoms with van der Waals surface area (Å²) in [7, 11) is 0. The molecule has 3 nitrogen and oxygen atoms in total. The number of hydrogen-bond acceptors (Lipinski definition) is 4. The van der Waals surface area contributed by atoms with E-state index < -0.39 is 0 Å². The van der Waals surface area contributed by atoms with E-state index in [4.69, 9.17) is 27.4 Å². The molecule has 5 heteroatoms. The van der Waals surface area contributed by atoms with Gasteiger partial charge in [-0.3, -0.25) is 0 Å². The third-order valence-electron chi connectivity index (χ3n) is 2.42. The second-order valence-electron chi connectivity index (χ2n) is 3.86. The van der Waals surface area contributed by atoms with Crippen LogP contribution in [0.3, 0.4) is 0 Å². The molecule has 0 aliphatic carbocycles. The minimum atomic E-state index is 0.367. The summed E-state index contributed by atoms with van der Waals surface area (Å²) in [6.07, 6.45) is 1.03. The topological polar surface area (TPSA) is 44.5 Å². The summed E-state index contributed by atoms with van der Waals surface area (Å²) in [5, 5.41) is 0. The van der Waals surface area contributed by atoms with E-state index in [0.29, 0.717) is 24.0 Å². The highest BCUT2D eigenvalue weighted by Crippen LogP contribution is 2.28. The lowest BCUT2D eigenvalue weighted by atomic mass is 10.2. The molecule has 0 spiro atoms. The van der Waals surface area contributed by atoms with Crippen molar-refractivity contribution in [1.29, 1.82) is 0 Å². The molecule has 0 radical (unpaired) electrons. The lowest BCUT2D eigenvalue weighted by Gasteiger charge is -2.13. The predicted octanol–water partition coefficient (Wildman–Crippen LogP) is 3.24. The first-order valence-corrected chi connectivity index (χ1v) is 8.02. The van der Waals surface area contributed by atoms with Gasteiger partial charge in [-0.2, -0.15) is 11.8 Å². The van der Waals surface area contributed by atoms with Crippen molar-refractivity contribution in [3.05, 3.63) is 23.8 Å². The van der Waals surface area contributed by atoms with Crippen LogP contribution in [-0.4, -0.2) is 29.7 Å². The number of benzene rings is 1. The SMILES string of the molecule is CCOc1cc(C(N)=S)ccc1OCCCSCC. The Morgan fingerprint density at radius 3 is 2.68 bits per heavy atom. The number of thioether (sulfide) groups is 1. The van der Waals surface area contributed by atoms with Gasteiger partial charge in [0.1, 0.15) is 4.99 Å². The molecule has 0 fully saturated rings. The van der Waals surface area contributed by atoms with Crippen LogP contribution in [0.4, 0.5) is 0 Å². The third kappa shape index (κ3) is 5.70. The van der Waals surface area contributed by atoms with Crippen molar-refractivity contribution in [3.63, 3.8) is 0 Å². The summed E-state index contributed by atoms with van der Waals surface area (Å²) in [6.45, 7) is 5.38. The number of rotatable bonds is 9. The Morgan fingerprint density at radius 2 is 2.05 bits per heavy atom. The Morgan fingerprint density at radius 1 is 1.26 bits per heavy atom. The van der Waals surface area contributed by atoms with Crippen molar-refractivity contribution < 1.29 is 9.47 Å². The van der Waals surface area contributed by atoms with Gasteiger partial charge < -0.3 is 15.2 Å². The fraction of sp³-hybridized carbons (Fsp3) is 0.500. The van der Waals surface area contributed by atoms with E-state index in [0.717, 1.165) is 29.2 Å². The molecular weight excluding hydrogens is 278 g/mol. The van der Waals surface area contributed by atoms with Gasteiger partial charge in [0, 0.05) is 5.56 Å². The number of thiocarbonyl (C=S) groups is 1. The summed E-state index contributed by atoms with van der Waals surface area (Å²) in [6, 6.07) is 5.56. The fourth-order valence-electron chi connectivity index (χ4n) is 1.54. The zero-order chi connectivity index (χ0) is 14.1. The van der Waals surface area contributed by atoms with Gasteiger partial charge >= 0.3 is 0 Å². The molecule has 0 bridgehead atoms. The summed E-state index contributed by atoms with van der Waals surface area (Å²) in [5.41, 5.74) is 6.41. The van der Waals surface area contributed by atoms with Gasteiger partial charge in [-0.25, -0.2) is 0 Å². The Bertz CT molecular complexity index is 410. The predicted molar refractivity (Wildman–Crippen MR) is 86.6 cm³/mol. The third-order valence-corrected chi connectivity index (χ3v) is 3.64. The highest BCUT2D eigenvalue weighted by molar-refractivity contribution is 7.99. The highest BCUT2D eigenvalue weighted by atomic mass is 32.2. The van der Waals surface area contributed by atoms with Crippen molar-refractivity contribution >= 4 is 29.0 Å². The van der Waals surface area contributed by atoms with Gasteiger partial charge in [-0.15, -0.1) is 0 Å². The zero-order valence-electron chi connectivity index (χ0n) is 11.5. The molecule has 0 saturated carbocycles. The molecule has 106 valence electrons. The molecule has 0 aliphatic heterocycles. The maximum atomic E-state index is 5.75. The zero-order valence-corrected chi connectivity index (χ0v) is 13.1. The lowest BCUT2D eigenvalue weighted by Crippen LogP contribution is -2.10. The van der Waals surface area contributed by atoms with Gasteiger partial charge in [0.2, 0.25) is 0 Å². The van der Waals surface area contributed by atoms with Crippen molar-refractivity contribution in [2.45, 2.75) is 20.3 Å². The standard InChI is InChI=1S/C14H21NO2S2/c1-3-16-13-10-11(14(15)18)6-7-12(13)17-8-5-9-19-4-2/h6-7,10H,3-5,8-9H2,1-2H3,(H2,15,18). The average Bonchev–Trinajstić information content (AvgIpc) is 2.40. The maximum Gasteiger partial charge on any atom is 0.161 e. The highest BCUT2D eigenvalue weighted by Gasteiger charge is 2.07. The smallest absolute Gasteiger partial charge is 0.161 e. The fourth-order valence-corrected chi connectivity index (χ4v) is 2.27. The first kappa shape index (κ1) is 16.1. The molecular formula is C14H21NO2S2. The largest absolute Gasteiger partial charge is 0.490 e. The van der Waals surface area contributed by atoms with Crippen LogP contribution < -0.4 is 15.2 Å². The Balaban J connectivity index is 2.62. The van der Waals surface area contributed by atoms with Gasteiger partial charge in [0.25, 0.3) is 0 Å². The van der Waals surface area contributed by atoms with Crippen LogP contribution in [0, 0.1) is 0 Å². The Hall–Kier alpha value is -0.940. The van der Waals surface area contributed by atoms with E-state index in [2.05, 4.69) is 6.92 Å². The van der Waals surface area contributed by atoms with E-state index in [1.165, 1.54) is 0 Å². The molecule has 0 heterocycles. The second-order valence-corrected chi connectivity index (χ2v) is 5.69. The van der Waals surface area contributed by atoms with Crippen molar-refractivity contribution in [2.75, 3.05) is 24.7 Å². The normalized spacial score (nSPS) is 10.2. The van der Waals surface area contributed by atoms with Gasteiger partial charge in [0.05, 0.1) is 13.2 Å². The molecule has 0 aromatic heterocycles. The van der Waals surface area contributed by atoms with Crippen molar-refractivity contribution in [1.82, 2.24) is 0 Å². The van der Waals surface area contributed by atoms with E-state index in [1.807, 2.05) is 36.9 Å². The summed E-state index contributed by atoms with van der Waals surface area (Å²) >= 11 is 6.88. The molecule has 0 atom stereocenters. The first-order valence-electron chi connectivity index (χ1n) is 6.46. The van der Waals surface area contributed by atoms with E-state index in [1.54, 1.807) is 0 Å². The van der Waals surface area contributed by atoms with Crippen LogP contribution in [0.1, 0.15) is 25.8 Å². The first-order chi connectivity index (χ1) is 9.19. The molecule has 2 N–H and O–H groups in total. The summed E-state index contributed by atoms with van der Waals surface area (Å²) in [4.78, 5) is 0.367. The van der Waals surface area contributed by atoms with Crippen molar-refractivity contribution in [2.24, 2.45) is 5.73 Å². The van der Waals surface area contributed by atoms with Crippen LogP contribution in [0.5, 0.6) is 11.5 Å². The summed E-state index contributed by atoms with van der Waals surface area (Å²) < 4.78 is 11.3. The molecule has 1 aromatic carbocycles. The van der Waals surface area contributed by atoms with Crippen LogP contribution in [-0.2, 0) is 0 Å². The number of hydrogen-bond donors (Lipinski definition) is 1. The molecule has 0 saturated heterocycles. The minimum Gasteiger partial charge on any atom is -0.490 e. The summed E-state index contributed by atoms with van der Waals surface area (Å²) in [5.74, 6) is 3.72. The average molecular weight is 299 g/mol. The maximum absolute atomic E-state index is 5.75. The molecule has 1 aromatic rings. The van der Waals surface area contributed by atoms with Crippen molar-refractivity contribution in [3.8, 4) is 11.5 Å². The lowest BCUT2D eigenvalue weighted by molar-refractivity contribution is 0.277. The molecule has 0 unspecified atom stereocenters. The van der Waals surface area contributed by atoms with E-state index in [-0.39, 0.29) is 0 Å². The number of ether oxygens (including phenoxy) is 2. The van der Waals surface area contributed by atoms with E-state index >= 15 is 0 Å².